The van der Waals surface area contributed by atoms with Gasteiger partial charge in [0.2, 0.25) is 0 Å². The van der Waals surface area contributed by atoms with Crippen LogP contribution in [-0.2, 0) is 5.75 Å². The Bertz CT molecular complexity index is 1120. The first-order valence-electron chi connectivity index (χ1n) is 9.02. The minimum Gasteiger partial charge on any atom is -0.431 e. The van der Waals surface area contributed by atoms with Crippen LogP contribution >= 0.6 is 11.8 Å². The number of hydrogen-bond acceptors (Lipinski definition) is 6. The van der Waals surface area contributed by atoms with Crippen LogP contribution in [0.5, 0.6) is 0 Å². The van der Waals surface area contributed by atoms with E-state index in [1.807, 2.05) is 54.6 Å². The van der Waals surface area contributed by atoms with E-state index in [4.69, 9.17) is 4.42 Å². The zero-order valence-corrected chi connectivity index (χ0v) is 16.5. The maximum atomic E-state index is 12.3. The summed E-state index contributed by atoms with van der Waals surface area (Å²) in [6, 6.07) is 20.6. The highest BCUT2D eigenvalue weighted by molar-refractivity contribution is 7.98. The number of thioether (sulfide) groups is 1. The zero-order chi connectivity index (χ0) is 20.1. The highest BCUT2D eigenvalue weighted by Gasteiger charge is 2.08. The van der Waals surface area contributed by atoms with Gasteiger partial charge in [-0.3, -0.25) is 9.78 Å². The van der Waals surface area contributed by atoms with Crippen LogP contribution < -0.4 is 5.43 Å². The summed E-state index contributed by atoms with van der Waals surface area (Å²) in [5.74, 6) is 0.435. The topological polar surface area (TPSA) is 80.4 Å². The number of aromatic nitrogens is 2. The second-order valence-electron chi connectivity index (χ2n) is 6.29. The minimum absolute atomic E-state index is 0.265. The summed E-state index contributed by atoms with van der Waals surface area (Å²) in [4.78, 5) is 21.0. The second-order valence-corrected chi connectivity index (χ2v) is 7.21. The number of amides is 1. The first-order chi connectivity index (χ1) is 14.2. The average molecular weight is 402 g/mol. The fraction of sp³-hybridized carbons (Fsp3) is 0.0909. The third-order valence-corrected chi connectivity index (χ3v) is 5.11. The van der Waals surface area contributed by atoms with Crippen molar-refractivity contribution in [1.82, 2.24) is 15.4 Å². The Labute approximate surface area is 172 Å². The molecule has 0 saturated heterocycles. The highest BCUT2D eigenvalue weighted by atomic mass is 32.2. The molecule has 4 aromatic rings. The Hall–Kier alpha value is -3.45. The van der Waals surface area contributed by atoms with Crippen molar-refractivity contribution in [3.63, 3.8) is 0 Å². The van der Waals surface area contributed by atoms with Gasteiger partial charge in [-0.15, -0.1) is 0 Å². The van der Waals surface area contributed by atoms with Gasteiger partial charge in [-0.2, -0.15) is 5.10 Å². The monoisotopic (exact) mass is 402 g/mol. The molecule has 1 amide bonds. The van der Waals surface area contributed by atoms with Gasteiger partial charge in [0.1, 0.15) is 5.52 Å². The zero-order valence-electron chi connectivity index (χ0n) is 15.7. The highest BCUT2D eigenvalue weighted by Crippen LogP contribution is 2.26. The van der Waals surface area contributed by atoms with Crippen molar-refractivity contribution in [2.75, 3.05) is 0 Å². The summed E-state index contributed by atoms with van der Waals surface area (Å²) in [6.07, 6.45) is 1.69. The van der Waals surface area contributed by atoms with Crippen molar-refractivity contribution >= 4 is 34.5 Å². The summed E-state index contributed by atoms with van der Waals surface area (Å²) in [6.45, 7) is 1.80. The molecular weight excluding hydrogens is 384 g/mol. The molecule has 1 N–H and O–H groups in total. The van der Waals surface area contributed by atoms with E-state index in [0.29, 0.717) is 22.3 Å². The van der Waals surface area contributed by atoms with E-state index in [1.165, 1.54) is 11.8 Å². The number of hydrogen-bond donors (Lipinski definition) is 1. The second kappa shape index (κ2) is 8.70. The molecule has 2 aromatic carbocycles. The minimum atomic E-state index is -0.265. The number of rotatable bonds is 6. The van der Waals surface area contributed by atoms with Gasteiger partial charge in [0.15, 0.2) is 5.58 Å². The molecule has 0 spiro atoms. The summed E-state index contributed by atoms with van der Waals surface area (Å²) in [7, 11) is 0. The fourth-order valence-corrected chi connectivity index (χ4v) is 3.44. The number of carbonyl (C=O) groups is 1. The third kappa shape index (κ3) is 4.70. The van der Waals surface area contributed by atoms with Crippen LogP contribution in [0.1, 0.15) is 28.5 Å². The molecule has 4 rings (SSSR count). The first-order valence-corrected chi connectivity index (χ1v) is 10.0. The summed E-state index contributed by atoms with van der Waals surface area (Å²) < 4.78 is 5.71. The van der Waals surface area contributed by atoms with E-state index in [1.54, 1.807) is 25.3 Å². The lowest BCUT2D eigenvalue weighted by molar-refractivity contribution is 0.0955. The van der Waals surface area contributed by atoms with Crippen LogP contribution in [0.4, 0.5) is 0 Å². The smallest absolute Gasteiger partial charge is 0.271 e. The van der Waals surface area contributed by atoms with E-state index in [-0.39, 0.29) is 5.91 Å². The van der Waals surface area contributed by atoms with Gasteiger partial charge in [-0.25, -0.2) is 10.4 Å². The van der Waals surface area contributed by atoms with Crippen LogP contribution in [0.25, 0.3) is 11.1 Å². The van der Waals surface area contributed by atoms with Crippen LogP contribution in [0.15, 0.2) is 87.7 Å². The summed E-state index contributed by atoms with van der Waals surface area (Å²) in [5, 5.41) is 4.75. The molecule has 0 aliphatic heterocycles. The first kappa shape index (κ1) is 18.9. The van der Waals surface area contributed by atoms with Gasteiger partial charge in [-0.05, 0) is 48.9 Å². The van der Waals surface area contributed by atoms with E-state index in [2.05, 4.69) is 20.5 Å². The Morgan fingerprint density at radius 1 is 1.07 bits per heavy atom. The Morgan fingerprint density at radius 3 is 2.62 bits per heavy atom. The summed E-state index contributed by atoms with van der Waals surface area (Å²) in [5.41, 5.74) is 7.18. The van der Waals surface area contributed by atoms with Crippen LogP contribution in [0, 0.1) is 0 Å². The lowest BCUT2D eigenvalue weighted by Gasteiger charge is -2.04. The molecule has 6 nitrogen and oxygen atoms in total. The van der Waals surface area contributed by atoms with Gasteiger partial charge in [0, 0.05) is 17.5 Å². The van der Waals surface area contributed by atoms with E-state index < -0.39 is 0 Å². The van der Waals surface area contributed by atoms with Crippen molar-refractivity contribution in [3.8, 4) is 0 Å². The number of nitrogens with zero attached hydrogens (tertiary/aromatic N) is 3. The number of pyridine rings is 1. The molecule has 29 heavy (non-hydrogen) atoms. The number of nitrogens with one attached hydrogen (secondary N) is 1. The molecule has 144 valence electrons. The van der Waals surface area contributed by atoms with Gasteiger partial charge in [0.05, 0.1) is 11.4 Å². The molecule has 0 unspecified atom stereocenters. The van der Waals surface area contributed by atoms with E-state index >= 15 is 0 Å². The molecule has 2 aromatic heterocycles. The molecule has 0 radical (unpaired) electrons. The molecule has 0 aliphatic carbocycles. The number of fused-ring (bicyclic) bond motifs is 1. The van der Waals surface area contributed by atoms with Crippen molar-refractivity contribution in [2.45, 2.75) is 17.9 Å². The third-order valence-electron chi connectivity index (χ3n) is 4.21. The Morgan fingerprint density at radius 2 is 1.86 bits per heavy atom. The number of para-hydroxylation sites is 2. The fourth-order valence-electron chi connectivity index (χ4n) is 2.64. The lowest BCUT2D eigenvalue weighted by atomic mass is 10.1. The standard InChI is InChI=1S/C22H18N4O2S/c1-15(18-6-4-5-13-23-18)25-26-21(27)17-11-9-16(10-12-17)14-29-22-24-19-7-2-3-8-20(19)28-22/h2-13H,14H2,1H3,(H,26,27). The predicted octanol–water partition coefficient (Wildman–Crippen LogP) is 4.67. The molecule has 0 aliphatic rings. The average Bonchev–Trinajstić information content (AvgIpc) is 3.20. The van der Waals surface area contributed by atoms with Crippen molar-refractivity contribution < 1.29 is 9.21 Å². The number of oxazole rings is 1. The molecule has 0 atom stereocenters. The van der Waals surface area contributed by atoms with Crippen molar-refractivity contribution in [1.29, 1.82) is 0 Å². The Balaban J connectivity index is 1.35. The molecular formula is C22H18N4O2S. The quantitative estimate of drug-likeness (QED) is 0.288. The van der Waals surface area contributed by atoms with Crippen molar-refractivity contribution in [2.24, 2.45) is 5.10 Å². The van der Waals surface area contributed by atoms with Crippen LogP contribution in [-0.4, -0.2) is 21.6 Å². The maximum Gasteiger partial charge on any atom is 0.271 e. The molecule has 0 fully saturated rings. The molecule has 0 saturated carbocycles. The van der Waals surface area contributed by atoms with Gasteiger partial charge < -0.3 is 4.42 Å². The van der Waals surface area contributed by atoms with Gasteiger partial charge in [0.25, 0.3) is 11.1 Å². The van der Waals surface area contributed by atoms with Gasteiger partial charge >= 0.3 is 0 Å². The van der Waals surface area contributed by atoms with Gasteiger partial charge in [-0.1, -0.05) is 42.1 Å². The van der Waals surface area contributed by atoms with Crippen LogP contribution in [0.3, 0.4) is 0 Å². The SMILES string of the molecule is CC(=NNC(=O)c1ccc(CSc2nc3ccccc3o2)cc1)c1ccccn1. The maximum absolute atomic E-state index is 12.3. The predicted molar refractivity (Wildman–Crippen MR) is 114 cm³/mol. The Kier molecular flexibility index (Phi) is 5.67. The molecule has 0 bridgehead atoms. The summed E-state index contributed by atoms with van der Waals surface area (Å²) >= 11 is 1.52. The largest absolute Gasteiger partial charge is 0.431 e. The molecule has 2 heterocycles. The van der Waals surface area contributed by atoms with Crippen LogP contribution in [0.2, 0.25) is 0 Å². The van der Waals surface area contributed by atoms with Crippen molar-refractivity contribution in [3.05, 3.63) is 89.7 Å². The van der Waals surface area contributed by atoms with E-state index in [9.17, 15) is 4.79 Å². The number of carbonyl (C=O) groups excluding carboxylic acids is 1. The molecule has 7 heteroatoms. The van der Waals surface area contributed by atoms with E-state index in [0.717, 1.165) is 22.4 Å². The number of hydrazone groups is 1. The normalized spacial score (nSPS) is 11.6. The lowest BCUT2D eigenvalue weighted by Crippen LogP contribution is -2.19. The number of benzene rings is 2.